The number of halogens is 1. The number of aryl methyl sites for hydroxylation is 1. The lowest BCUT2D eigenvalue weighted by Crippen LogP contribution is -2.45. The van der Waals surface area contributed by atoms with Crippen molar-refractivity contribution < 1.29 is 9.18 Å². The maximum Gasteiger partial charge on any atom is 0.318 e. The molecule has 0 radical (unpaired) electrons. The first-order chi connectivity index (χ1) is 14.7. The summed E-state index contributed by atoms with van der Waals surface area (Å²) in [5.74, 6) is -0.264. The molecule has 3 aromatic rings. The molecule has 0 saturated heterocycles. The Balaban J connectivity index is 1.44. The van der Waals surface area contributed by atoms with Crippen LogP contribution in [0, 0.1) is 5.82 Å². The Morgan fingerprint density at radius 2 is 1.77 bits per heavy atom. The lowest BCUT2D eigenvalue weighted by atomic mass is 9.88. The molecule has 0 saturated carbocycles. The minimum Gasteiger partial charge on any atom is -0.334 e. The molecule has 5 rings (SSSR count). The monoisotopic (exact) mass is 420 g/mol. The number of nitrogens with one attached hydrogen (secondary N) is 1. The molecule has 0 bridgehead atoms. The molecular formula is C25H25FN2OS. The van der Waals surface area contributed by atoms with Gasteiger partial charge >= 0.3 is 6.03 Å². The van der Waals surface area contributed by atoms with Crippen molar-refractivity contribution in [2.75, 3.05) is 6.54 Å². The van der Waals surface area contributed by atoms with Crippen LogP contribution in [0.2, 0.25) is 0 Å². The van der Waals surface area contributed by atoms with E-state index in [0.717, 1.165) is 17.5 Å². The summed E-state index contributed by atoms with van der Waals surface area (Å²) >= 11 is 1.91. The smallest absolute Gasteiger partial charge is 0.318 e. The number of carbonyl (C=O) groups is 1. The fourth-order valence-electron chi connectivity index (χ4n) is 4.72. The molecule has 1 N–H and O–H groups in total. The third-order valence-electron chi connectivity index (χ3n) is 6.21. The number of thiophene rings is 1. The van der Waals surface area contributed by atoms with Crippen LogP contribution in [0.15, 0.2) is 54.6 Å². The lowest BCUT2D eigenvalue weighted by Gasteiger charge is -2.36. The summed E-state index contributed by atoms with van der Waals surface area (Å²) in [6.45, 7) is 1.11. The summed E-state index contributed by atoms with van der Waals surface area (Å²) in [6.07, 6.45) is 5.82. The number of fused-ring (bicyclic) bond motifs is 3. The first kappa shape index (κ1) is 19.3. The van der Waals surface area contributed by atoms with E-state index < -0.39 is 0 Å². The van der Waals surface area contributed by atoms with Crippen LogP contribution >= 0.6 is 11.3 Å². The molecule has 3 nitrogen and oxygen atoms in total. The fraction of sp³-hybridized carbons (Fsp3) is 0.320. The Hall–Kier alpha value is -2.66. The molecule has 1 unspecified atom stereocenters. The van der Waals surface area contributed by atoms with Gasteiger partial charge in [0.05, 0.1) is 6.04 Å². The number of carbonyl (C=O) groups excluding carboxylic acids is 1. The number of hydrogen-bond donors (Lipinski definition) is 1. The SMILES string of the molecule is O=C(NCc1ccc(F)cc1)N1CCc2c(sc3c2CCCC3)C1c1ccccc1. The van der Waals surface area contributed by atoms with Crippen molar-refractivity contribution in [1.82, 2.24) is 10.2 Å². The number of nitrogens with zero attached hydrogens (tertiary/aromatic N) is 1. The molecule has 1 atom stereocenters. The zero-order valence-corrected chi connectivity index (χ0v) is 17.7. The van der Waals surface area contributed by atoms with Crippen LogP contribution in [-0.4, -0.2) is 17.5 Å². The second-order valence-corrected chi connectivity index (χ2v) is 9.23. The fourth-order valence-corrected chi connectivity index (χ4v) is 6.30. The highest BCUT2D eigenvalue weighted by Crippen LogP contribution is 2.44. The van der Waals surface area contributed by atoms with Gasteiger partial charge in [-0.2, -0.15) is 0 Å². The van der Waals surface area contributed by atoms with Gasteiger partial charge in [-0.25, -0.2) is 9.18 Å². The zero-order valence-electron chi connectivity index (χ0n) is 16.9. The van der Waals surface area contributed by atoms with Gasteiger partial charge in [-0.15, -0.1) is 11.3 Å². The molecule has 2 amide bonds. The van der Waals surface area contributed by atoms with Crippen LogP contribution in [0.25, 0.3) is 0 Å². The first-order valence-corrected chi connectivity index (χ1v) is 11.5. The van der Waals surface area contributed by atoms with Crippen LogP contribution in [0.1, 0.15) is 50.9 Å². The highest BCUT2D eigenvalue weighted by Gasteiger charge is 2.36. The third-order valence-corrected chi connectivity index (χ3v) is 7.59. The normalized spacial score (nSPS) is 17.9. The molecule has 0 fully saturated rings. The average molecular weight is 421 g/mol. The molecule has 5 heteroatoms. The number of amides is 2. The molecule has 0 spiro atoms. The summed E-state index contributed by atoms with van der Waals surface area (Å²) in [7, 11) is 0. The molecule has 1 aromatic heterocycles. The quantitative estimate of drug-likeness (QED) is 0.586. The molecule has 2 aliphatic rings. The first-order valence-electron chi connectivity index (χ1n) is 10.7. The molecule has 154 valence electrons. The minimum absolute atomic E-state index is 0.0428. The Labute approximate surface area is 180 Å². The average Bonchev–Trinajstić information content (AvgIpc) is 3.17. The van der Waals surface area contributed by atoms with E-state index in [0.29, 0.717) is 13.1 Å². The van der Waals surface area contributed by atoms with E-state index in [-0.39, 0.29) is 17.9 Å². The highest BCUT2D eigenvalue weighted by molar-refractivity contribution is 7.12. The maximum absolute atomic E-state index is 13.2. The van der Waals surface area contributed by atoms with Gasteiger partial charge in [-0.05, 0) is 66.5 Å². The summed E-state index contributed by atoms with van der Waals surface area (Å²) in [6, 6.07) is 16.5. The van der Waals surface area contributed by atoms with E-state index in [9.17, 15) is 9.18 Å². The molecular weight excluding hydrogens is 395 g/mol. The van der Waals surface area contributed by atoms with Crippen molar-refractivity contribution in [2.45, 2.75) is 44.7 Å². The maximum atomic E-state index is 13.2. The summed E-state index contributed by atoms with van der Waals surface area (Å²) in [5, 5.41) is 3.05. The Morgan fingerprint density at radius 3 is 2.57 bits per heavy atom. The number of hydrogen-bond acceptors (Lipinski definition) is 2. The van der Waals surface area contributed by atoms with Crippen molar-refractivity contribution in [3.63, 3.8) is 0 Å². The van der Waals surface area contributed by atoms with Crippen LogP contribution in [0.5, 0.6) is 0 Å². The van der Waals surface area contributed by atoms with Gasteiger partial charge in [-0.1, -0.05) is 42.5 Å². The van der Waals surface area contributed by atoms with Crippen LogP contribution < -0.4 is 5.32 Å². The predicted molar refractivity (Wildman–Crippen MR) is 118 cm³/mol. The van der Waals surface area contributed by atoms with Crippen LogP contribution in [0.3, 0.4) is 0 Å². The van der Waals surface area contributed by atoms with E-state index in [4.69, 9.17) is 0 Å². The van der Waals surface area contributed by atoms with Gasteiger partial charge in [-0.3, -0.25) is 0 Å². The van der Waals surface area contributed by atoms with Crippen molar-refractivity contribution in [3.8, 4) is 0 Å². The van der Waals surface area contributed by atoms with E-state index in [1.165, 1.54) is 53.1 Å². The number of benzene rings is 2. The third kappa shape index (κ3) is 3.63. The summed E-state index contributed by atoms with van der Waals surface area (Å²) in [4.78, 5) is 18.1. The van der Waals surface area contributed by atoms with E-state index in [2.05, 4.69) is 17.4 Å². The van der Waals surface area contributed by atoms with E-state index in [1.54, 1.807) is 17.7 Å². The van der Waals surface area contributed by atoms with Gasteiger partial charge in [0.15, 0.2) is 0 Å². The summed E-state index contributed by atoms with van der Waals surface area (Å²) < 4.78 is 13.2. The Morgan fingerprint density at radius 1 is 1.00 bits per heavy atom. The predicted octanol–water partition coefficient (Wildman–Crippen LogP) is 5.62. The van der Waals surface area contributed by atoms with Gasteiger partial charge in [0.25, 0.3) is 0 Å². The topological polar surface area (TPSA) is 32.3 Å². The summed E-state index contributed by atoms with van der Waals surface area (Å²) in [5.41, 5.74) is 5.11. The van der Waals surface area contributed by atoms with E-state index in [1.807, 2.05) is 34.4 Å². The van der Waals surface area contributed by atoms with Crippen LogP contribution in [0.4, 0.5) is 9.18 Å². The molecule has 2 heterocycles. The Bertz CT molecular complexity index is 1050. The van der Waals surface area contributed by atoms with Crippen molar-refractivity contribution in [2.24, 2.45) is 0 Å². The van der Waals surface area contributed by atoms with Gasteiger partial charge in [0, 0.05) is 22.8 Å². The second kappa shape index (κ2) is 8.23. The number of urea groups is 1. The number of rotatable bonds is 3. The van der Waals surface area contributed by atoms with Crippen LogP contribution in [-0.2, 0) is 25.8 Å². The standard InChI is InChI=1S/C25H25FN2OS/c26-19-12-10-17(11-13-19)16-27-25(29)28-15-14-21-20-8-4-5-9-22(20)30-24(21)23(28)18-6-2-1-3-7-18/h1-3,6-7,10-13,23H,4-5,8-9,14-16H2,(H,27,29). The molecule has 1 aliphatic heterocycles. The van der Waals surface area contributed by atoms with E-state index >= 15 is 0 Å². The minimum atomic E-state index is -0.264. The molecule has 2 aromatic carbocycles. The zero-order chi connectivity index (χ0) is 20.5. The molecule has 1 aliphatic carbocycles. The van der Waals surface area contributed by atoms with Crippen molar-refractivity contribution in [3.05, 3.63) is 92.4 Å². The van der Waals surface area contributed by atoms with Gasteiger partial charge in [0.1, 0.15) is 5.82 Å². The Kier molecular flexibility index (Phi) is 5.30. The lowest BCUT2D eigenvalue weighted by molar-refractivity contribution is 0.180. The van der Waals surface area contributed by atoms with Gasteiger partial charge < -0.3 is 10.2 Å². The second-order valence-electron chi connectivity index (χ2n) is 8.10. The van der Waals surface area contributed by atoms with Gasteiger partial charge in [0.2, 0.25) is 0 Å². The largest absolute Gasteiger partial charge is 0.334 e. The van der Waals surface area contributed by atoms with Crippen molar-refractivity contribution in [1.29, 1.82) is 0 Å². The molecule has 30 heavy (non-hydrogen) atoms. The van der Waals surface area contributed by atoms with Crippen molar-refractivity contribution >= 4 is 17.4 Å². The highest BCUT2D eigenvalue weighted by atomic mass is 32.1.